The molecule has 0 unspecified atom stereocenters. The van der Waals surface area contributed by atoms with Gasteiger partial charge in [0.15, 0.2) is 0 Å². The van der Waals surface area contributed by atoms with Crippen LogP contribution < -0.4 is 0 Å². The van der Waals surface area contributed by atoms with Gasteiger partial charge in [-0.05, 0) is 170 Å². The van der Waals surface area contributed by atoms with Crippen LogP contribution in [0.2, 0.25) is 0 Å². The van der Waals surface area contributed by atoms with Gasteiger partial charge in [0.1, 0.15) is 57.6 Å². The third-order valence-corrected chi connectivity index (χ3v) is 17.3. The molecular weight excluding hydrogens is 1470 g/mol. The van der Waals surface area contributed by atoms with Crippen LogP contribution in [-0.2, 0) is 0 Å². The lowest BCUT2D eigenvalue weighted by Crippen LogP contribution is -1.96. The molecule has 0 aliphatic rings. The van der Waals surface area contributed by atoms with Crippen molar-refractivity contribution in [2.45, 2.75) is 0 Å². The number of hydrogen-bond acceptors (Lipinski definition) is 13. The lowest BCUT2D eigenvalue weighted by molar-refractivity contribution is 0.0686. The molecule has 558 valence electrons. The van der Waals surface area contributed by atoms with E-state index in [2.05, 4.69) is 66.2 Å². The molecule has 0 saturated heterocycles. The van der Waals surface area contributed by atoms with Crippen molar-refractivity contribution in [1.82, 2.24) is 66.2 Å². The first-order chi connectivity index (χ1) is 54.5. The number of hydrogen-bond donors (Lipinski definition) is 12. The number of aromatic amines is 6. The molecular formula is C83H54F5N13O12. The number of nitrogens with zero attached hydrogens (tertiary/aromatic N) is 7. The molecule has 30 heteroatoms. The maximum atomic E-state index is 13.8. The Balaban J connectivity index is 0.000000119. The van der Waals surface area contributed by atoms with Crippen molar-refractivity contribution in [2.75, 3.05) is 0 Å². The molecule has 0 aliphatic heterocycles. The van der Waals surface area contributed by atoms with Crippen molar-refractivity contribution < 1.29 is 81.4 Å². The van der Waals surface area contributed by atoms with Gasteiger partial charge < -0.3 is 30.6 Å². The zero-order valence-electron chi connectivity index (χ0n) is 57.9. The van der Waals surface area contributed by atoms with E-state index < -0.39 is 41.6 Å². The molecule has 18 rings (SSSR count). The van der Waals surface area contributed by atoms with Gasteiger partial charge in [-0.25, -0.2) is 50.7 Å². The van der Waals surface area contributed by atoms with E-state index in [4.69, 9.17) is 30.6 Å². The number of rotatable bonds is 12. The van der Waals surface area contributed by atoms with Crippen LogP contribution in [0, 0.1) is 29.1 Å². The monoisotopic (exact) mass is 1520 g/mol. The Morgan fingerprint density at radius 1 is 0.265 bits per heavy atom. The lowest BCUT2D eigenvalue weighted by Gasteiger charge is -2.00. The maximum Gasteiger partial charge on any atom is 0.337 e. The number of pyridine rings is 1. The van der Waals surface area contributed by atoms with Gasteiger partial charge in [-0.1, -0.05) is 78.9 Å². The number of para-hydroxylation sites is 1. The van der Waals surface area contributed by atoms with Crippen LogP contribution in [0.4, 0.5) is 22.0 Å². The van der Waals surface area contributed by atoms with Crippen LogP contribution in [0.1, 0.15) is 62.1 Å². The molecule has 0 bridgehead atoms. The van der Waals surface area contributed by atoms with Gasteiger partial charge in [0, 0.05) is 66.3 Å². The average Bonchev–Trinajstić information content (AvgIpc) is 1.63. The summed E-state index contributed by atoms with van der Waals surface area (Å²) in [4.78, 5) is 70.1. The average molecular weight is 1520 g/mol. The Bertz CT molecular complexity index is 6480. The minimum atomic E-state index is -1.03. The third-order valence-electron chi connectivity index (χ3n) is 17.3. The highest BCUT2D eigenvalue weighted by atomic mass is 19.1. The number of aromatic nitrogens is 13. The molecule has 18 aromatic rings. The molecule has 11 aromatic carbocycles. The zero-order chi connectivity index (χ0) is 79.6. The fourth-order valence-corrected chi connectivity index (χ4v) is 11.9. The zero-order valence-corrected chi connectivity index (χ0v) is 57.9. The molecule has 25 nitrogen and oxygen atoms in total. The minimum Gasteiger partial charge on any atom is -0.478 e. The number of carboxylic acid groups (broad SMARTS) is 6. The topological polar surface area (TPSA) is 409 Å². The van der Waals surface area contributed by atoms with E-state index in [9.17, 15) is 50.7 Å². The van der Waals surface area contributed by atoms with Crippen LogP contribution >= 0.6 is 0 Å². The first kappa shape index (κ1) is 75.1. The second kappa shape index (κ2) is 32.9. The van der Waals surface area contributed by atoms with E-state index in [1.807, 2.05) is 18.2 Å². The van der Waals surface area contributed by atoms with Crippen molar-refractivity contribution in [3.05, 3.63) is 317 Å². The molecule has 113 heavy (non-hydrogen) atoms. The van der Waals surface area contributed by atoms with Gasteiger partial charge in [0.25, 0.3) is 0 Å². The minimum absolute atomic E-state index is 0.145. The molecule has 0 fully saturated rings. The predicted octanol–water partition coefficient (Wildman–Crippen LogP) is 17.7. The quantitative estimate of drug-likeness (QED) is 0.0505. The van der Waals surface area contributed by atoms with Gasteiger partial charge in [0.2, 0.25) is 0 Å². The van der Waals surface area contributed by atoms with E-state index in [1.54, 1.807) is 128 Å². The summed E-state index contributed by atoms with van der Waals surface area (Å²) in [5, 5.41) is 99.5. The lowest BCUT2D eigenvalue weighted by atomic mass is 10.1. The fraction of sp³-hybridized carbons (Fsp3) is 0. The SMILES string of the molecule is O=C(O)c1ccc2[nH]nc(-c3cccc(F)c3)c2c1.O=C(O)c1ccc2[nH]nc(-c3cccc(F)c3)c2c1.O=C(O)c1ccc2[nH]nc(-c3ccccc3F)c2c1.O=C(O)c1ccc2[nH]nc(-c3ccccn3)c2c1.O=C(O)c1ccc2c(-c3cccc(F)c3)n[nH]c2c1.O=C(O)c1cccc2c(-c3cccc(F)c3)n[nH]c12. The molecule has 12 N–H and O–H groups in total. The van der Waals surface area contributed by atoms with E-state index in [0.717, 1.165) is 16.3 Å². The van der Waals surface area contributed by atoms with Crippen LogP contribution in [0.25, 0.3) is 133 Å². The highest BCUT2D eigenvalue weighted by Crippen LogP contribution is 2.34. The van der Waals surface area contributed by atoms with Crippen molar-refractivity contribution in [2.24, 2.45) is 0 Å². The van der Waals surface area contributed by atoms with Gasteiger partial charge in [-0.15, -0.1) is 0 Å². The number of benzene rings is 11. The van der Waals surface area contributed by atoms with Crippen molar-refractivity contribution >= 4 is 101 Å². The summed E-state index contributed by atoms with van der Waals surface area (Å²) in [5.41, 5.74) is 11.8. The normalized spacial score (nSPS) is 10.8. The molecule has 0 radical (unpaired) electrons. The number of nitrogens with one attached hydrogen (secondary N) is 6. The Morgan fingerprint density at radius 2 is 0.611 bits per heavy atom. The number of halogens is 5. The van der Waals surface area contributed by atoms with Crippen LogP contribution in [0.15, 0.2) is 255 Å². The Labute approximate surface area is 631 Å². The molecule has 0 amide bonds. The highest BCUT2D eigenvalue weighted by Gasteiger charge is 2.20. The number of carboxylic acids is 6. The Morgan fingerprint density at radius 3 is 1.02 bits per heavy atom. The maximum absolute atomic E-state index is 13.8. The first-order valence-electron chi connectivity index (χ1n) is 33.5. The van der Waals surface area contributed by atoms with E-state index in [0.29, 0.717) is 117 Å². The van der Waals surface area contributed by atoms with Gasteiger partial charge in [-0.3, -0.25) is 35.6 Å². The second-order valence-electron chi connectivity index (χ2n) is 24.5. The number of aromatic carboxylic acids is 6. The first-order valence-corrected chi connectivity index (χ1v) is 33.5. The highest BCUT2D eigenvalue weighted by molar-refractivity contribution is 6.07. The Hall–Kier alpha value is -16.1. The van der Waals surface area contributed by atoms with Crippen molar-refractivity contribution in [3.8, 4) is 67.7 Å². The van der Waals surface area contributed by atoms with Crippen LogP contribution in [0.3, 0.4) is 0 Å². The third kappa shape index (κ3) is 16.9. The van der Waals surface area contributed by atoms with Crippen molar-refractivity contribution in [1.29, 1.82) is 0 Å². The number of carbonyl (C=O) groups is 6. The summed E-state index contributed by atoms with van der Waals surface area (Å²) in [7, 11) is 0. The summed E-state index contributed by atoms with van der Waals surface area (Å²) in [6, 6.07) is 64.4. The molecule has 7 aromatic heterocycles. The summed E-state index contributed by atoms with van der Waals surface area (Å²) in [6.07, 6.45) is 1.68. The van der Waals surface area contributed by atoms with E-state index in [1.165, 1.54) is 109 Å². The summed E-state index contributed by atoms with van der Waals surface area (Å²) >= 11 is 0. The van der Waals surface area contributed by atoms with Crippen LogP contribution in [0.5, 0.6) is 0 Å². The van der Waals surface area contributed by atoms with E-state index in [-0.39, 0.29) is 56.6 Å². The predicted molar refractivity (Wildman–Crippen MR) is 409 cm³/mol. The second-order valence-corrected chi connectivity index (χ2v) is 24.5. The van der Waals surface area contributed by atoms with Crippen molar-refractivity contribution in [3.63, 3.8) is 0 Å². The largest absolute Gasteiger partial charge is 0.478 e. The molecule has 0 saturated carbocycles. The molecule has 0 atom stereocenters. The van der Waals surface area contributed by atoms with Gasteiger partial charge >= 0.3 is 35.8 Å². The standard InChI is InChI=1S/5C14H9FN2O2.C13H9N3O2/c15-9-4-1-3-8(7-9)12-10-5-2-6-11(14(18)19)13(10)17-16-12;2*15-10-3-1-2-8(6-10)13-11-7-9(14(18)19)4-5-12(11)16-17-13;15-10-3-1-2-8(6-10)13-11-5-4-9(14(18)19)7-12(11)16-17-13;15-11-4-2-1-3-9(11)13-10-7-8(14(18)19)5-6-12(10)16-17-13;17-13(18)8-4-5-10-9(7-8)12(16-15-10)11-3-1-2-6-14-11/h5*1-7H,(H,16,17)(H,18,19);1-7H,(H,15,16)(H,17,18). The molecule has 7 heterocycles. The molecule has 0 aliphatic carbocycles. The summed E-state index contributed by atoms with van der Waals surface area (Å²) in [5.74, 6) is -7.82. The van der Waals surface area contributed by atoms with Gasteiger partial charge in [-0.2, -0.15) is 30.6 Å². The fourth-order valence-electron chi connectivity index (χ4n) is 11.9. The number of fused-ring (bicyclic) bond motifs is 6. The number of H-pyrrole nitrogens is 6. The van der Waals surface area contributed by atoms with Crippen LogP contribution in [-0.4, -0.2) is 133 Å². The summed E-state index contributed by atoms with van der Waals surface area (Å²) < 4.78 is 66.7. The Kier molecular flexibility index (Phi) is 21.9. The van der Waals surface area contributed by atoms with Gasteiger partial charge in [0.05, 0.1) is 77.9 Å². The summed E-state index contributed by atoms with van der Waals surface area (Å²) in [6.45, 7) is 0. The smallest absolute Gasteiger partial charge is 0.337 e. The molecule has 0 spiro atoms. The van der Waals surface area contributed by atoms with E-state index >= 15 is 0 Å².